The topological polar surface area (TPSA) is 49.3 Å². The number of halogens is 2. The van der Waals surface area contributed by atoms with E-state index in [1.54, 1.807) is 0 Å². The molecule has 1 aromatic rings. The van der Waals surface area contributed by atoms with Crippen LogP contribution in [0.5, 0.6) is 0 Å². The van der Waals surface area contributed by atoms with E-state index in [1.165, 1.54) is 24.3 Å². The second-order valence-electron chi connectivity index (χ2n) is 3.11. The van der Waals surface area contributed by atoms with Crippen LogP contribution in [0, 0.1) is 5.82 Å². The van der Waals surface area contributed by atoms with Crippen LogP contribution in [0.4, 0.5) is 4.39 Å². The zero-order valence-electron chi connectivity index (χ0n) is 8.41. The lowest BCUT2D eigenvalue weighted by atomic mass is 10.1. The van der Waals surface area contributed by atoms with E-state index in [-0.39, 0.29) is 17.1 Å². The van der Waals surface area contributed by atoms with Crippen LogP contribution in [-0.2, 0) is 4.79 Å². The summed E-state index contributed by atoms with van der Waals surface area (Å²) in [7, 11) is 0. The van der Waals surface area contributed by atoms with Crippen LogP contribution in [-0.4, -0.2) is 17.6 Å². The maximum absolute atomic E-state index is 13.6. The van der Waals surface area contributed by atoms with Gasteiger partial charge in [-0.2, -0.15) is 0 Å². The molecule has 0 spiro atoms. The molecule has 0 saturated carbocycles. The smallest absolute Gasteiger partial charge is 0.325 e. The number of carboxylic acid groups (broad SMARTS) is 1. The third-order valence-corrected chi connectivity index (χ3v) is 2.30. The molecule has 0 fully saturated rings. The number of rotatable bonds is 5. The van der Waals surface area contributed by atoms with Crippen molar-refractivity contribution in [1.82, 2.24) is 5.32 Å². The minimum absolute atomic E-state index is 0.0156. The van der Waals surface area contributed by atoms with Gasteiger partial charge < -0.3 is 5.11 Å². The zero-order chi connectivity index (χ0) is 12.1. The molecule has 0 aliphatic heterocycles. The van der Waals surface area contributed by atoms with E-state index in [0.29, 0.717) is 0 Å². The van der Waals surface area contributed by atoms with Gasteiger partial charge in [0.15, 0.2) is 0 Å². The number of hydrogen-bond donors (Lipinski definition) is 2. The highest BCUT2D eigenvalue weighted by atomic mass is 35.5. The molecule has 16 heavy (non-hydrogen) atoms. The number of carbonyl (C=O) groups is 1. The van der Waals surface area contributed by atoms with E-state index in [2.05, 4.69) is 11.9 Å². The van der Waals surface area contributed by atoms with Crippen LogP contribution < -0.4 is 5.32 Å². The highest BCUT2D eigenvalue weighted by Crippen LogP contribution is 2.23. The van der Waals surface area contributed by atoms with Crippen LogP contribution in [0.1, 0.15) is 11.6 Å². The SMILES string of the molecule is C=CCNC(C(=O)O)c1cccc(Cl)c1F. The number of nitrogens with one attached hydrogen (secondary N) is 1. The van der Waals surface area contributed by atoms with Crippen molar-refractivity contribution in [2.24, 2.45) is 0 Å². The molecule has 0 amide bonds. The highest BCUT2D eigenvalue weighted by Gasteiger charge is 2.23. The van der Waals surface area contributed by atoms with Crippen molar-refractivity contribution in [3.8, 4) is 0 Å². The van der Waals surface area contributed by atoms with Gasteiger partial charge in [0.05, 0.1) is 5.02 Å². The summed E-state index contributed by atoms with van der Waals surface area (Å²) in [6.45, 7) is 3.72. The summed E-state index contributed by atoms with van der Waals surface area (Å²) in [6, 6.07) is 3.13. The van der Waals surface area contributed by atoms with Gasteiger partial charge in [-0.15, -0.1) is 6.58 Å². The Balaban J connectivity index is 3.05. The van der Waals surface area contributed by atoms with Crippen LogP contribution >= 0.6 is 11.6 Å². The van der Waals surface area contributed by atoms with Gasteiger partial charge in [0.25, 0.3) is 0 Å². The van der Waals surface area contributed by atoms with E-state index in [0.717, 1.165) is 0 Å². The van der Waals surface area contributed by atoms with Crippen molar-refractivity contribution in [2.45, 2.75) is 6.04 Å². The summed E-state index contributed by atoms with van der Waals surface area (Å²) in [5.74, 6) is -1.88. The lowest BCUT2D eigenvalue weighted by molar-refractivity contribution is -0.139. The second-order valence-corrected chi connectivity index (χ2v) is 3.52. The molecule has 1 aromatic carbocycles. The highest BCUT2D eigenvalue weighted by molar-refractivity contribution is 6.30. The first kappa shape index (κ1) is 12.7. The van der Waals surface area contributed by atoms with Gasteiger partial charge in [0.1, 0.15) is 11.9 Å². The van der Waals surface area contributed by atoms with Gasteiger partial charge in [-0.05, 0) is 6.07 Å². The Kier molecular flexibility index (Phi) is 4.46. The molecule has 3 nitrogen and oxygen atoms in total. The fourth-order valence-corrected chi connectivity index (χ4v) is 1.46. The molecule has 0 radical (unpaired) electrons. The van der Waals surface area contributed by atoms with Crippen molar-refractivity contribution < 1.29 is 14.3 Å². The molecule has 0 aliphatic rings. The first-order valence-electron chi connectivity index (χ1n) is 4.59. The van der Waals surface area contributed by atoms with Crippen molar-refractivity contribution in [3.63, 3.8) is 0 Å². The van der Waals surface area contributed by atoms with E-state index in [1.807, 2.05) is 0 Å². The fraction of sp³-hybridized carbons (Fsp3) is 0.182. The lowest BCUT2D eigenvalue weighted by Crippen LogP contribution is -2.29. The molecule has 0 heterocycles. The molecular formula is C11H11ClFNO2. The maximum Gasteiger partial charge on any atom is 0.325 e. The average molecular weight is 244 g/mol. The minimum Gasteiger partial charge on any atom is -0.480 e. The van der Waals surface area contributed by atoms with Crippen LogP contribution in [0.25, 0.3) is 0 Å². The third-order valence-electron chi connectivity index (χ3n) is 2.01. The van der Waals surface area contributed by atoms with Gasteiger partial charge in [0, 0.05) is 12.1 Å². The number of hydrogen-bond acceptors (Lipinski definition) is 2. The quantitative estimate of drug-likeness (QED) is 0.781. The molecule has 86 valence electrons. The number of benzene rings is 1. The Morgan fingerprint density at radius 1 is 1.69 bits per heavy atom. The molecule has 1 unspecified atom stereocenters. The van der Waals surface area contributed by atoms with Gasteiger partial charge in [0.2, 0.25) is 0 Å². The molecule has 1 rings (SSSR count). The number of carboxylic acids is 1. The van der Waals surface area contributed by atoms with Crippen molar-refractivity contribution in [1.29, 1.82) is 0 Å². The molecule has 2 N–H and O–H groups in total. The summed E-state index contributed by atoms with van der Waals surface area (Å²) in [5, 5.41) is 11.5. The first-order valence-corrected chi connectivity index (χ1v) is 4.96. The Hall–Kier alpha value is -1.39. The summed E-state index contributed by atoms with van der Waals surface area (Å²) in [6.07, 6.45) is 1.50. The molecule has 0 aromatic heterocycles. The Labute approximate surface area is 97.5 Å². The van der Waals surface area contributed by atoms with E-state index in [4.69, 9.17) is 16.7 Å². The summed E-state index contributed by atoms with van der Waals surface area (Å²) < 4.78 is 13.6. The molecule has 5 heteroatoms. The molecule has 1 atom stereocenters. The summed E-state index contributed by atoms with van der Waals surface area (Å²) in [5.41, 5.74) is 0.0156. The predicted octanol–water partition coefficient (Wildman–Crippen LogP) is 2.38. The average Bonchev–Trinajstić information content (AvgIpc) is 2.24. The van der Waals surface area contributed by atoms with Crippen LogP contribution in [0.2, 0.25) is 5.02 Å². The molecule has 0 saturated heterocycles. The first-order chi connectivity index (χ1) is 7.57. The van der Waals surface area contributed by atoms with Gasteiger partial charge in [-0.1, -0.05) is 29.8 Å². The van der Waals surface area contributed by atoms with Crippen molar-refractivity contribution >= 4 is 17.6 Å². The Morgan fingerprint density at radius 3 is 2.94 bits per heavy atom. The van der Waals surface area contributed by atoms with Crippen LogP contribution in [0.15, 0.2) is 30.9 Å². The largest absolute Gasteiger partial charge is 0.480 e. The fourth-order valence-electron chi connectivity index (χ4n) is 1.27. The van der Waals surface area contributed by atoms with E-state index in [9.17, 15) is 9.18 Å². The predicted molar refractivity (Wildman–Crippen MR) is 60.0 cm³/mol. The summed E-state index contributed by atoms with van der Waals surface area (Å²) >= 11 is 5.58. The van der Waals surface area contributed by atoms with Gasteiger partial charge in [-0.25, -0.2) is 4.39 Å². The van der Waals surface area contributed by atoms with Gasteiger partial charge >= 0.3 is 5.97 Å². The standard InChI is InChI=1S/C11H11ClFNO2/c1-2-6-14-10(11(15)16)7-4-3-5-8(12)9(7)13/h2-5,10,14H,1,6H2,(H,15,16). The minimum atomic E-state index is -1.16. The van der Waals surface area contributed by atoms with Crippen LogP contribution in [0.3, 0.4) is 0 Å². The van der Waals surface area contributed by atoms with Gasteiger partial charge in [-0.3, -0.25) is 10.1 Å². The third kappa shape index (κ3) is 2.81. The van der Waals surface area contributed by atoms with E-state index >= 15 is 0 Å². The van der Waals surface area contributed by atoms with E-state index < -0.39 is 17.8 Å². The van der Waals surface area contributed by atoms with Crippen molar-refractivity contribution in [3.05, 3.63) is 47.3 Å². The Morgan fingerprint density at radius 2 is 2.38 bits per heavy atom. The lowest BCUT2D eigenvalue weighted by Gasteiger charge is -2.14. The normalized spacial score (nSPS) is 12.1. The number of aliphatic carboxylic acids is 1. The zero-order valence-corrected chi connectivity index (χ0v) is 9.17. The van der Waals surface area contributed by atoms with Crippen molar-refractivity contribution in [2.75, 3.05) is 6.54 Å². The maximum atomic E-state index is 13.6. The molecular weight excluding hydrogens is 233 g/mol. The monoisotopic (exact) mass is 243 g/mol. The second kappa shape index (κ2) is 5.63. The molecule has 0 aliphatic carbocycles. The summed E-state index contributed by atoms with van der Waals surface area (Å²) in [4.78, 5) is 11.0. The Bertz CT molecular complexity index is 409. The molecule has 0 bridgehead atoms.